The van der Waals surface area contributed by atoms with Crippen LogP contribution in [0.2, 0.25) is 0 Å². The average molecular weight is 321 g/mol. The summed E-state index contributed by atoms with van der Waals surface area (Å²) in [6.07, 6.45) is 0.847. The van der Waals surface area contributed by atoms with Crippen LogP contribution in [0.15, 0.2) is 59.7 Å². The molecule has 0 bridgehead atoms. The van der Waals surface area contributed by atoms with Crippen molar-refractivity contribution in [3.05, 3.63) is 65.7 Å². The van der Waals surface area contributed by atoms with Crippen LogP contribution < -0.4 is 4.74 Å². The van der Waals surface area contributed by atoms with Crippen LogP contribution in [0.4, 0.5) is 0 Å². The number of fused-ring (bicyclic) bond motifs is 1. The van der Waals surface area contributed by atoms with Crippen LogP contribution in [0.25, 0.3) is 0 Å². The Hall–Kier alpha value is -2.33. The number of hydrogen-bond donors (Lipinski definition) is 0. The first-order chi connectivity index (χ1) is 11.8. The third-order valence-electron chi connectivity index (χ3n) is 4.76. The minimum atomic E-state index is 0.0346. The maximum Gasteiger partial charge on any atom is 0.129 e. The molecule has 0 aliphatic carbocycles. The molecule has 2 aromatic carbocycles. The maximum absolute atomic E-state index is 6.25. The number of hydrazone groups is 1. The van der Waals surface area contributed by atoms with Crippen LogP contribution >= 0.6 is 0 Å². The SMILES string of the molecule is CN1CCN(N=C2CC(c3ccccc3)Oc3ccccc32)CC1. The van der Waals surface area contributed by atoms with Gasteiger partial charge in [0.05, 0.1) is 5.71 Å². The van der Waals surface area contributed by atoms with Crippen molar-refractivity contribution in [2.24, 2.45) is 5.10 Å². The second kappa shape index (κ2) is 6.65. The summed E-state index contributed by atoms with van der Waals surface area (Å²) in [7, 11) is 2.17. The molecule has 2 aliphatic heterocycles. The van der Waals surface area contributed by atoms with Crippen LogP contribution in [0, 0.1) is 0 Å². The Morgan fingerprint density at radius 3 is 2.42 bits per heavy atom. The van der Waals surface area contributed by atoms with Gasteiger partial charge in [-0.05, 0) is 24.7 Å². The summed E-state index contributed by atoms with van der Waals surface area (Å²) < 4.78 is 6.25. The Morgan fingerprint density at radius 1 is 0.917 bits per heavy atom. The van der Waals surface area contributed by atoms with E-state index in [1.807, 2.05) is 18.2 Å². The van der Waals surface area contributed by atoms with Crippen LogP contribution in [0.3, 0.4) is 0 Å². The van der Waals surface area contributed by atoms with E-state index in [-0.39, 0.29) is 6.10 Å². The molecule has 2 aromatic rings. The second-order valence-electron chi connectivity index (χ2n) is 6.52. The summed E-state index contributed by atoms with van der Waals surface area (Å²) in [5.41, 5.74) is 3.47. The van der Waals surface area contributed by atoms with E-state index in [0.29, 0.717) is 0 Å². The van der Waals surface area contributed by atoms with Crippen molar-refractivity contribution in [1.82, 2.24) is 9.91 Å². The number of para-hydroxylation sites is 1. The van der Waals surface area contributed by atoms with Gasteiger partial charge in [0.2, 0.25) is 0 Å². The Morgan fingerprint density at radius 2 is 1.62 bits per heavy atom. The molecule has 4 rings (SSSR count). The predicted molar refractivity (Wildman–Crippen MR) is 96.5 cm³/mol. The fraction of sp³-hybridized carbons (Fsp3) is 0.350. The Kier molecular flexibility index (Phi) is 4.22. The second-order valence-corrected chi connectivity index (χ2v) is 6.52. The van der Waals surface area contributed by atoms with Crippen LogP contribution in [-0.2, 0) is 0 Å². The third-order valence-corrected chi connectivity index (χ3v) is 4.76. The molecule has 4 heteroatoms. The standard InChI is InChI=1S/C20H23N3O/c1-22-11-13-23(14-12-22)21-18-15-20(16-7-3-2-4-8-16)24-19-10-6-5-9-17(18)19/h2-10,20H,11-15H2,1H3. The highest BCUT2D eigenvalue weighted by molar-refractivity contribution is 6.04. The normalized spacial score (nSPS) is 23.0. The number of rotatable bonds is 2. The first kappa shape index (κ1) is 15.2. The van der Waals surface area contributed by atoms with Crippen molar-refractivity contribution >= 4 is 5.71 Å². The lowest BCUT2D eigenvalue weighted by Crippen LogP contribution is -2.42. The quantitative estimate of drug-likeness (QED) is 0.850. The number of nitrogens with zero attached hydrogens (tertiary/aromatic N) is 3. The number of piperazine rings is 1. The summed E-state index contributed by atoms with van der Waals surface area (Å²) in [6.45, 7) is 4.10. The van der Waals surface area contributed by atoms with Gasteiger partial charge in [-0.3, -0.25) is 5.01 Å². The molecule has 1 atom stereocenters. The number of likely N-dealkylation sites (N-methyl/N-ethyl adjacent to an activating group) is 1. The lowest BCUT2D eigenvalue weighted by molar-refractivity contribution is 0.156. The monoisotopic (exact) mass is 321 g/mol. The fourth-order valence-corrected chi connectivity index (χ4v) is 3.30. The highest BCUT2D eigenvalue weighted by atomic mass is 16.5. The van der Waals surface area contributed by atoms with E-state index in [9.17, 15) is 0 Å². The van der Waals surface area contributed by atoms with Gasteiger partial charge < -0.3 is 9.64 Å². The van der Waals surface area contributed by atoms with Crippen molar-refractivity contribution in [2.75, 3.05) is 33.2 Å². The van der Waals surface area contributed by atoms with E-state index in [0.717, 1.165) is 49.6 Å². The summed E-state index contributed by atoms with van der Waals surface area (Å²) in [5, 5.41) is 7.20. The van der Waals surface area contributed by atoms with Crippen LogP contribution in [-0.4, -0.2) is 48.8 Å². The molecule has 2 aliphatic rings. The number of benzene rings is 2. The van der Waals surface area contributed by atoms with Crippen LogP contribution in [0.5, 0.6) is 5.75 Å². The van der Waals surface area contributed by atoms with Crippen LogP contribution in [0.1, 0.15) is 23.7 Å². The van der Waals surface area contributed by atoms with Gasteiger partial charge in [0, 0.05) is 38.2 Å². The molecular formula is C20H23N3O. The predicted octanol–water partition coefficient (Wildman–Crippen LogP) is 3.16. The summed E-state index contributed by atoms with van der Waals surface area (Å²) in [4.78, 5) is 2.35. The zero-order valence-electron chi connectivity index (χ0n) is 14.1. The highest BCUT2D eigenvalue weighted by Crippen LogP contribution is 2.35. The van der Waals surface area contributed by atoms with E-state index in [2.05, 4.69) is 53.4 Å². The lowest BCUT2D eigenvalue weighted by atomic mass is 9.96. The fourth-order valence-electron chi connectivity index (χ4n) is 3.30. The van der Waals surface area contributed by atoms with E-state index in [4.69, 9.17) is 9.84 Å². The maximum atomic E-state index is 6.25. The average Bonchev–Trinajstić information content (AvgIpc) is 2.64. The first-order valence-electron chi connectivity index (χ1n) is 8.61. The van der Waals surface area contributed by atoms with Crippen molar-refractivity contribution in [1.29, 1.82) is 0 Å². The van der Waals surface area contributed by atoms with Gasteiger partial charge >= 0.3 is 0 Å². The summed E-state index contributed by atoms with van der Waals surface area (Å²) in [5.74, 6) is 0.936. The lowest BCUT2D eigenvalue weighted by Gasteiger charge is -2.33. The van der Waals surface area contributed by atoms with Gasteiger partial charge in [0.15, 0.2) is 0 Å². The number of hydrogen-bond acceptors (Lipinski definition) is 4. The molecule has 0 aromatic heterocycles. The van der Waals surface area contributed by atoms with E-state index >= 15 is 0 Å². The highest BCUT2D eigenvalue weighted by Gasteiger charge is 2.27. The molecule has 0 spiro atoms. The Labute approximate surface area is 143 Å². The van der Waals surface area contributed by atoms with Crippen molar-refractivity contribution in [3.63, 3.8) is 0 Å². The van der Waals surface area contributed by atoms with E-state index < -0.39 is 0 Å². The minimum absolute atomic E-state index is 0.0346. The van der Waals surface area contributed by atoms with E-state index in [1.54, 1.807) is 0 Å². The molecule has 24 heavy (non-hydrogen) atoms. The molecule has 0 saturated carbocycles. The smallest absolute Gasteiger partial charge is 0.129 e. The van der Waals surface area contributed by atoms with Gasteiger partial charge in [-0.15, -0.1) is 0 Å². The largest absolute Gasteiger partial charge is 0.485 e. The molecule has 4 nitrogen and oxygen atoms in total. The van der Waals surface area contributed by atoms with Crippen molar-refractivity contribution < 1.29 is 4.74 Å². The van der Waals surface area contributed by atoms with Crippen molar-refractivity contribution in [3.8, 4) is 5.75 Å². The zero-order chi connectivity index (χ0) is 16.4. The van der Waals surface area contributed by atoms with Gasteiger partial charge in [0.1, 0.15) is 11.9 Å². The topological polar surface area (TPSA) is 28.1 Å². The van der Waals surface area contributed by atoms with Crippen molar-refractivity contribution in [2.45, 2.75) is 12.5 Å². The molecule has 124 valence electrons. The van der Waals surface area contributed by atoms with Gasteiger partial charge in [-0.25, -0.2) is 0 Å². The zero-order valence-corrected chi connectivity index (χ0v) is 14.1. The van der Waals surface area contributed by atoms with Gasteiger partial charge in [-0.2, -0.15) is 5.10 Å². The number of ether oxygens (including phenoxy) is 1. The molecule has 2 heterocycles. The first-order valence-corrected chi connectivity index (χ1v) is 8.61. The summed E-state index contributed by atoms with van der Waals surface area (Å²) in [6, 6.07) is 18.7. The molecule has 1 unspecified atom stereocenters. The van der Waals surface area contributed by atoms with E-state index in [1.165, 1.54) is 5.56 Å². The minimum Gasteiger partial charge on any atom is -0.485 e. The summed E-state index contributed by atoms with van der Waals surface area (Å²) >= 11 is 0. The third kappa shape index (κ3) is 3.15. The molecular weight excluding hydrogens is 298 g/mol. The molecule has 0 radical (unpaired) electrons. The Balaban J connectivity index is 1.64. The van der Waals surface area contributed by atoms with Gasteiger partial charge in [-0.1, -0.05) is 42.5 Å². The Bertz CT molecular complexity index is 721. The molecule has 1 fully saturated rings. The molecule has 0 amide bonds. The van der Waals surface area contributed by atoms with Gasteiger partial charge in [0.25, 0.3) is 0 Å². The molecule has 0 N–H and O–H groups in total. The molecule has 1 saturated heterocycles.